The van der Waals surface area contributed by atoms with Crippen LogP contribution in [-0.2, 0) is 0 Å². The first-order valence-corrected chi connectivity index (χ1v) is 46.6. The molecule has 0 amide bonds. The van der Waals surface area contributed by atoms with Crippen LogP contribution in [-0.4, -0.2) is 74.3 Å². The summed E-state index contributed by atoms with van der Waals surface area (Å²) in [7, 11) is 0. The van der Waals surface area contributed by atoms with Gasteiger partial charge in [-0.15, -0.1) is 0 Å². The third kappa shape index (κ3) is 14.5. The highest BCUT2D eigenvalue weighted by Gasteiger charge is 2.26. The standard InChI is InChI=1S/C44H25N5.C41H25N5.C40H24N6/c45-26-27-17-19-38-35(23-27)36-25-29(18-20-39(36)49(38)31-11-2-1-3-12-31)28-9-6-10-30(24-28)42-41-34-15-8-22-47-44(34)43-33(14-7-21-46-43)40(41)32-13-4-5-16-37(32)48-42;1-2-11-36-33(8-1)37-34-9-4-16-44-40(34)41-35(10-5-17-45-41)38(37)39(46-36)29-7-3-6-28(22-29)32-24-30(26-12-18-42-19-13-26)23-31(25-32)27-14-20-43-21-15-27;1-3-12-25(13-4-1)38-44-39(26-14-5-2-6-15-26)46-40(45-38)28-17-9-16-27(24-28)35-34-31-20-11-23-42-37(31)36-30(19-10-22-41-36)33(34)29-18-7-8-21-32(29)43-35/h1-25H;1-25H;1-24H. The Labute approximate surface area is 806 Å². The Morgan fingerprint density at radius 3 is 0.872 bits per heavy atom. The predicted molar refractivity (Wildman–Crippen MR) is 572 cm³/mol. The van der Waals surface area contributed by atoms with E-state index in [-0.39, 0.29) is 0 Å². The lowest BCUT2D eigenvalue weighted by atomic mass is 9.91. The van der Waals surface area contributed by atoms with E-state index in [1.54, 1.807) is 0 Å². The molecule has 0 unspecified atom stereocenters. The molecule has 13 aromatic heterocycles. The lowest BCUT2D eigenvalue weighted by molar-refractivity contribution is 1.07. The van der Waals surface area contributed by atoms with Crippen molar-refractivity contribution in [2.75, 3.05) is 0 Å². The van der Waals surface area contributed by atoms with Crippen molar-refractivity contribution >= 4 is 152 Å². The van der Waals surface area contributed by atoms with Crippen LogP contribution in [0.2, 0.25) is 0 Å². The number of rotatable bonds is 11. The van der Waals surface area contributed by atoms with Gasteiger partial charge in [-0.2, -0.15) is 5.26 Å². The van der Waals surface area contributed by atoms with Crippen molar-refractivity contribution in [1.29, 1.82) is 5.26 Å². The third-order valence-corrected chi connectivity index (χ3v) is 26.7. The summed E-state index contributed by atoms with van der Waals surface area (Å²) in [4.78, 5) is 68.1. The zero-order valence-electron chi connectivity index (χ0n) is 75.4. The number of hydrogen-bond acceptors (Lipinski definition) is 15. The van der Waals surface area contributed by atoms with Crippen LogP contribution in [0.3, 0.4) is 0 Å². The molecule has 0 radical (unpaired) electrons. The molecule has 0 saturated carbocycles. The van der Waals surface area contributed by atoms with E-state index < -0.39 is 0 Å². The SMILES string of the molecule is N#Cc1ccc2c(c1)c1cc(-c3cccc(-c4nc5ccccc5c5c6cccnc6c6ncccc6c45)c3)ccc1n2-c1ccccc1.c1cc(-c2cc(-c3ccncc3)cc(-c3ccncc3)c2)cc(-c2nc3ccccc3c3c4cccnc4c4ncccc4c23)c1.c1ccc(-c2nc(-c3ccccc3)nc(-c3cccc(-c4nc5ccccc5c5c6cccnc6c6ncccc6c45)c3)n2)cc1. The summed E-state index contributed by atoms with van der Waals surface area (Å²) in [6.45, 7) is 0. The molecule has 28 aromatic rings. The first kappa shape index (κ1) is 82.1. The molecule has 16 heteroatoms. The normalized spacial score (nSPS) is 11.5. The number of nitrogens with zero attached hydrogens (tertiary/aromatic N) is 16. The first-order chi connectivity index (χ1) is 69.9. The monoisotopic (exact) mass is 1800 g/mol. The predicted octanol–water partition coefficient (Wildman–Crippen LogP) is 30.1. The summed E-state index contributed by atoms with van der Waals surface area (Å²) < 4.78 is 2.27. The lowest BCUT2D eigenvalue weighted by Crippen LogP contribution is -2.00. The molecule has 0 aliphatic rings. The molecule has 0 saturated heterocycles. The molecule has 141 heavy (non-hydrogen) atoms. The highest BCUT2D eigenvalue weighted by Crippen LogP contribution is 2.49. The second kappa shape index (κ2) is 34.7. The molecular formula is C125H74N16. The van der Waals surface area contributed by atoms with Gasteiger partial charge in [0.15, 0.2) is 17.5 Å². The van der Waals surface area contributed by atoms with Crippen molar-refractivity contribution < 1.29 is 0 Å². The largest absolute Gasteiger partial charge is 0.309 e. The maximum atomic E-state index is 9.76. The summed E-state index contributed by atoms with van der Waals surface area (Å²) in [6.07, 6.45) is 18.4. The topological polar surface area (TPSA) is 209 Å². The summed E-state index contributed by atoms with van der Waals surface area (Å²) in [6, 6.07) is 136. The minimum Gasteiger partial charge on any atom is -0.309 e. The van der Waals surface area contributed by atoms with Gasteiger partial charge in [0.05, 0.1) is 89.4 Å². The Bertz CT molecular complexity index is 9500. The lowest BCUT2D eigenvalue weighted by Gasteiger charge is -2.16. The van der Waals surface area contributed by atoms with E-state index in [2.05, 4.69) is 269 Å². The molecular weight excluding hydrogens is 1730 g/mol. The van der Waals surface area contributed by atoms with Crippen molar-refractivity contribution in [3.05, 3.63) is 456 Å². The molecule has 654 valence electrons. The Morgan fingerprint density at radius 1 is 0.184 bits per heavy atom. The van der Waals surface area contributed by atoms with E-state index in [9.17, 15) is 5.26 Å². The highest BCUT2D eigenvalue weighted by atomic mass is 15.0. The smallest absolute Gasteiger partial charge is 0.164 e. The van der Waals surface area contributed by atoms with Gasteiger partial charge in [-0.1, -0.05) is 231 Å². The summed E-state index contributed by atoms with van der Waals surface area (Å²) >= 11 is 0. The van der Waals surface area contributed by atoms with Crippen LogP contribution in [0.4, 0.5) is 0 Å². The van der Waals surface area contributed by atoms with Crippen LogP contribution in [0.5, 0.6) is 0 Å². The van der Waals surface area contributed by atoms with Gasteiger partial charge in [0.2, 0.25) is 0 Å². The number of para-hydroxylation sites is 4. The van der Waals surface area contributed by atoms with Gasteiger partial charge in [-0.25, -0.2) is 29.9 Å². The van der Waals surface area contributed by atoms with Crippen LogP contribution in [0.25, 0.3) is 270 Å². The van der Waals surface area contributed by atoms with E-state index >= 15 is 0 Å². The maximum absolute atomic E-state index is 9.76. The van der Waals surface area contributed by atoms with Gasteiger partial charge >= 0.3 is 0 Å². The van der Waals surface area contributed by atoms with Crippen LogP contribution in [0, 0.1) is 11.3 Å². The highest BCUT2D eigenvalue weighted by molar-refractivity contribution is 6.35. The Kier molecular flexibility index (Phi) is 20.2. The minimum atomic E-state index is 0.598. The van der Waals surface area contributed by atoms with E-state index in [1.807, 2.05) is 201 Å². The maximum Gasteiger partial charge on any atom is 0.164 e. The van der Waals surface area contributed by atoms with Gasteiger partial charge in [-0.05, 0) is 202 Å². The van der Waals surface area contributed by atoms with Crippen LogP contribution in [0.15, 0.2) is 450 Å². The van der Waals surface area contributed by atoms with Gasteiger partial charge in [-0.3, -0.25) is 39.9 Å². The summed E-state index contributed by atoms with van der Waals surface area (Å²) in [5, 5.41) is 28.1. The average molecular weight is 1800 g/mol. The van der Waals surface area contributed by atoms with Crippen molar-refractivity contribution in [2.45, 2.75) is 0 Å². The minimum absolute atomic E-state index is 0.598. The fourth-order valence-corrected chi connectivity index (χ4v) is 20.4. The van der Waals surface area contributed by atoms with E-state index in [4.69, 9.17) is 59.8 Å². The first-order valence-electron chi connectivity index (χ1n) is 46.6. The Balaban J connectivity index is 0.000000109. The number of nitriles is 1. The molecule has 15 aromatic carbocycles. The number of benzene rings is 15. The van der Waals surface area contributed by atoms with Gasteiger partial charge in [0.1, 0.15) is 0 Å². The van der Waals surface area contributed by atoms with Gasteiger partial charge in [0, 0.05) is 193 Å². The second-order valence-electron chi connectivity index (χ2n) is 34.9. The molecule has 0 N–H and O–H groups in total. The fourth-order valence-electron chi connectivity index (χ4n) is 20.4. The van der Waals surface area contributed by atoms with E-state index in [0.717, 1.165) is 253 Å². The van der Waals surface area contributed by atoms with Crippen LogP contribution in [0.1, 0.15) is 5.56 Å². The number of fused-ring (bicyclic) bond motifs is 27. The van der Waals surface area contributed by atoms with Crippen molar-refractivity contribution in [2.24, 2.45) is 0 Å². The van der Waals surface area contributed by atoms with Crippen molar-refractivity contribution in [1.82, 2.24) is 74.3 Å². The van der Waals surface area contributed by atoms with Crippen LogP contribution >= 0.6 is 0 Å². The molecule has 28 rings (SSSR count). The van der Waals surface area contributed by atoms with Crippen LogP contribution < -0.4 is 0 Å². The molecule has 0 fully saturated rings. The summed E-state index contributed by atoms with van der Waals surface area (Å²) in [5.74, 6) is 1.85. The van der Waals surface area contributed by atoms with Gasteiger partial charge < -0.3 is 4.57 Å². The molecule has 16 nitrogen and oxygen atoms in total. The molecule has 0 atom stereocenters. The third-order valence-electron chi connectivity index (χ3n) is 26.7. The van der Waals surface area contributed by atoms with Crippen molar-refractivity contribution in [3.63, 3.8) is 0 Å². The zero-order valence-corrected chi connectivity index (χ0v) is 75.4. The van der Waals surface area contributed by atoms with E-state index in [0.29, 0.717) is 23.0 Å². The fraction of sp³-hybridized carbons (Fsp3) is 0. The summed E-state index contributed by atoms with van der Waals surface area (Å²) in [5.41, 5.74) is 29.4. The molecule has 0 aliphatic heterocycles. The zero-order chi connectivity index (χ0) is 93.4. The second-order valence-corrected chi connectivity index (χ2v) is 34.9. The molecule has 0 spiro atoms. The quantitative estimate of drug-likeness (QED) is 0.110. The van der Waals surface area contributed by atoms with E-state index in [1.165, 1.54) is 0 Å². The average Bonchev–Trinajstić information content (AvgIpc) is 1.14. The van der Waals surface area contributed by atoms with Gasteiger partial charge in [0.25, 0.3) is 0 Å². The molecule has 0 aliphatic carbocycles. The molecule has 0 bridgehead atoms. The van der Waals surface area contributed by atoms with Crippen molar-refractivity contribution in [3.8, 4) is 124 Å². The number of aromatic nitrogens is 15. The Morgan fingerprint density at radius 2 is 0.475 bits per heavy atom. The number of hydrogen-bond donors (Lipinski definition) is 0. The number of pyridine rings is 11. The Hall–Kier alpha value is -19.6. The molecule has 13 heterocycles.